The number of benzene rings is 1. The number of fused-ring (bicyclic) bond motifs is 1. The van der Waals surface area contributed by atoms with E-state index in [1.54, 1.807) is 0 Å². The molecule has 0 unspecified atom stereocenters. The van der Waals surface area contributed by atoms with E-state index in [-0.39, 0.29) is 12.1 Å². The lowest BCUT2D eigenvalue weighted by atomic mass is 9.99. The molecule has 0 aliphatic carbocycles. The molecule has 3 aromatic rings. The molecule has 0 saturated carbocycles. The minimum atomic E-state index is -0.566. The van der Waals surface area contributed by atoms with E-state index >= 15 is 0 Å². The summed E-state index contributed by atoms with van der Waals surface area (Å²) in [7, 11) is 0. The van der Waals surface area contributed by atoms with Crippen molar-refractivity contribution < 1.29 is 4.39 Å². The Morgan fingerprint density at radius 1 is 1.26 bits per heavy atom. The molecule has 0 fully saturated rings. The molecule has 0 bridgehead atoms. The molecule has 0 aliphatic heterocycles. The summed E-state index contributed by atoms with van der Waals surface area (Å²) < 4.78 is 14.3. The fraction of sp³-hybridized carbons (Fsp3) is 0.333. The van der Waals surface area contributed by atoms with Gasteiger partial charge in [0.15, 0.2) is 0 Å². The zero-order valence-electron chi connectivity index (χ0n) is 13.5. The van der Waals surface area contributed by atoms with Crippen LogP contribution in [0.4, 0.5) is 4.39 Å². The molecule has 23 heavy (non-hydrogen) atoms. The van der Waals surface area contributed by atoms with Gasteiger partial charge in [-0.2, -0.15) is 0 Å². The first-order valence-corrected chi connectivity index (χ1v) is 8.59. The molecule has 0 atom stereocenters. The summed E-state index contributed by atoms with van der Waals surface area (Å²) in [4.78, 5) is 18.2. The van der Waals surface area contributed by atoms with E-state index in [0.717, 1.165) is 21.5 Å². The molecule has 0 aliphatic rings. The Morgan fingerprint density at radius 3 is 2.70 bits per heavy atom. The molecule has 0 saturated heterocycles. The molecule has 0 spiro atoms. The van der Waals surface area contributed by atoms with E-state index in [1.165, 1.54) is 21.5 Å². The van der Waals surface area contributed by atoms with E-state index < -0.39 is 6.67 Å². The van der Waals surface area contributed by atoms with Crippen LogP contribution in [0.3, 0.4) is 0 Å². The molecule has 3 rings (SSSR count). The Kier molecular flexibility index (Phi) is 4.31. The van der Waals surface area contributed by atoms with E-state index in [1.807, 2.05) is 38.3 Å². The van der Waals surface area contributed by atoms with Crippen LogP contribution < -0.4 is 5.56 Å². The zero-order valence-corrected chi connectivity index (χ0v) is 14.3. The van der Waals surface area contributed by atoms with Crippen LogP contribution in [-0.2, 0) is 13.0 Å². The maximum absolute atomic E-state index is 12.9. The molecule has 120 valence electrons. The summed E-state index contributed by atoms with van der Waals surface area (Å²) in [5.41, 5.74) is 4.11. The predicted octanol–water partition coefficient (Wildman–Crippen LogP) is 4.27. The van der Waals surface area contributed by atoms with Crippen molar-refractivity contribution in [1.82, 2.24) is 9.55 Å². The first-order valence-electron chi connectivity index (χ1n) is 7.71. The SMILES string of the molecule is CCc1nc2scc(-c3ccc(C)cc3C)c2c(=O)n1CCF. The Hall–Kier alpha value is -2.01. The van der Waals surface area contributed by atoms with Crippen LogP contribution in [0.5, 0.6) is 0 Å². The van der Waals surface area contributed by atoms with Crippen LogP contribution >= 0.6 is 11.3 Å². The van der Waals surface area contributed by atoms with Crippen LogP contribution in [0.15, 0.2) is 28.4 Å². The summed E-state index contributed by atoms with van der Waals surface area (Å²) in [6, 6.07) is 6.19. The fourth-order valence-electron chi connectivity index (χ4n) is 2.97. The third kappa shape index (κ3) is 2.70. The van der Waals surface area contributed by atoms with Gasteiger partial charge in [0.2, 0.25) is 0 Å². The van der Waals surface area contributed by atoms with Crippen LogP contribution in [0, 0.1) is 13.8 Å². The lowest BCUT2D eigenvalue weighted by molar-refractivity contribution is 0.432. The Labute approximate surface area is 138 Å². The highest BCUT2D eigenvalue weighted by atomic mass is 32.1. The molecule has 0 radical (unpaired) electrons. The van der Waals surface area contributed by atoms with Crippen molar-refractivity contribution >= 4 is 21.6 Å². The van der Waals surface area contributed by atoms with Gasteiger partial charge in [-0.15, -0.1) is 11.3 Å². The monoisotopic (exact) mass is 330 g/mol. The maximum atomic E-state index is 12.9. The topological polar surface area (TPSA) is 34.9 Å². The average molecular weight is 330 g/mol. The number of aromatic nitrogens is 2. The highest BCUT2D eigenvalue weighted by Crippen LogP contribution is 2.33. The number of rotatable bonds is 4. The van der Waals surface area contributed by atoms with Crippen molar-refractivity contribution in [1.29, 1.82) is 0 Å². The van der Waals surface area contributed by atoms with Crippen molar-refractivity contribution in [3.63, 3.8) is 0 Å². The minimum absolute atomic E-state index is 0.0626. The maximum Gasteiger partial charge on any atom is 0.262 e. The molecular formula is C18H19FN2OS. The number of nitrogens with zero attached hydrogens (tertiary/aromatic N) is 2. The zero-order chi connectivity index (χ0) is 16.6. The number of thiophene rings is 1. The van der Waals surface area contributed by atoms with Gasteiger partial charge in [-0.05, 0) is 25.0 Å². The Morgan fingerprint density at radius 2 is 2.04 bits per heavy atom. The first kappa shape index (κ1) is 15.9. The highest BCUT2D eigenvalue weighted by molar-refractivity contribution is 7.17. The quantitative estimate of drug-likeness (QED) is 0.716. The number of hydrogen-bond donors (Lipinski definition) is 0. The van der Waals surface area contributed by atoms with Gasteiger partial charge in [0.1, 0.15) is 17.3 Å². The van der Waals surface area contributed by atoms with Gasteiger partial charge >= 0.3 is 0 Å². The molecule has 0 N–H and O–H groups in total. The van der Waals surface area contributed by atoms with Crippen molar-refractivity contribution in [2.75, 3.05) is 6.67 Å². The van der Waals surface area contributed by atoms with Crippen LogP contribution in [0.25, 0.3) is 21.3 Å². The molecule has 3 nitrogen and oxygen atoms in total. The van der Waals surface area contributed by atoms with Crippen molar-refractivity contribution in [3.8, 4) is 11.1 Å². The number of alkyl halides is 1. The summed E-state index contributed by atoms with van der Waals surface area (Å²) in [5.74, 6) is 0.647. The molecular weight excluding hydrogens is 311 g/mol. The Bertz CT molecular complexity index is 927. The van der Waals surface area contributed by atoms with E-state index in [2.05, 4.69) is 11.1 Å². The summed E-state index contributed by atoms with van der Waals surface area (Å²) in [6.45, 7) is 5.52. The molecule has 2 aromatic heterocycles. The van der Waals surface area contributed by atoms with Crippen LogP contribution in [0.2, 0.25) is 0 Å². The second-order valence-electron chi connectivity index (χ2n) is 5.68. The summed E-state index contributed by atoms with van der Waals surface area (Å²) >= 11 is 1.47. The van der Waals surface area contributed by atoms with Gasteiger partial charge in [0.05, 0.1) is 11.9 Å². The van der Waals surface area contributed by atoms with Gasteiger partial charge in [-0.1, -0.05) is 30.7 Å². The van der Waals surface area contributed by atoms with Gasteiger partial charge < -0.3 is 0 Å². The second kappa shape index (κ2) is 6.24. The molecule has 0 amide bonds. The first-order chi connectivity index (χ1) is 11.1. The number of aryl methyl sites for hydroxylation is 3. The smallest absolute Gasteiger partial charge is 0.262 e. The Balaban J connectivity index is 2.32. The van der Waals surface area contributed by atoms with Gasteiger partial charge in [0, 0.05) is 17.4 Å². The van der Waals surface area contributed by atoms with E-state index in [9.17, 15) is 9.18 Å². The lowest BCUT2D eigenvalue weighted by Crippen LogP contribution is -2.25. The van der Waals surface area contributed by atoms with Crippen molar-refractivity contribution in [2.24, 2.45) is 0 Å². The largest absolute Gasteiger partial charge is 0.293 e. The van der Waals surface area contributed by atoms with Gasteiger partial charge in [-0.25, -0.2) is 9.37 Å². The van der Waals surface area contributed by atoms with Crippen LogP contribution in [-0.4, -0.2) is 16.2 Å². The third-order valence-corrected chi connectivity index (χ3v) is 4.94. The van der Waals surface area contributed by atoms with Crippen LogP contribution in [0.1, 0.15) is 23.9 Å². The summed E-state index contributed by atoms with van der Waals surface area (Å²) in [6.07, 6.45) is 0.613. The average Bonchev–Trinajstić information content (AvgIpc) is 2.94. The van der Waals surface area contributed by atoms with Crippen molar-refractivity contribution in [2.45, 2.75) is 33.7 Å². The molecule has 5 heteroatoms. The lowest BCUT2D eigenvalue weighted by Gasteiger charge is -2.10. The fourth-order valence-corrected chi connectivity index (χ4v) is 3.91. The minimum Gasteiger partial charge on any atom is -0.293 e. The van der Waals surface area contributed by atoms with Gasteiger partial charge in [-0.3, -0.25) is 9.36 Å². The molecule has 1 aromatic carbocycles. The molecule has 2 heterocycles. The normalized spacial score (nSPS) is 11.3. The standard InChI is InChI=1S/C18H19FN2OS/c1-4-15-20-17-16(18(22)21(15)8-7-19)14(10-23-17)13-6-5-11(2)9-12(13)3/h5-6,9-10H,4,7-8H2,1-3H3. The number of halogens is 1. The second-order valence-corrected chi connectivity index (χ2v) is 6.53. The predicted molar refractivity (Wildman–Crippen MR) is 94.1 cm³/mol. The number of hydrogen-bond acceptors (Lipinski definition) is 3. The summed E-state index contributed by atoms with van der Waals surface area (Å²) in [5, 5.41) is 2.59. The highest BCUT2D eigenvalue weighted by Gasteiger charge is 2.17. The van der Waals surface area contributed by atoms with Crippen molar-refractivity contribution in [3.05, 3.63) is 50.9 Å². The van der Waals surface area contributed by atoms with E-state index in [4.69, 9.17) is 0 Å². The van der Waals surface area contributed by atoms with Gasteiger partial charge in [0.25, 0.3) is 5.56 Å². The third-order valence-electron chi connectivity index (χ3n) is 4.07. The van der Waals surface area contributed by atoms with E-state index in [0.29, 0.717) is 17.6 Å².